The van der Waals surface area contributed by atoms with Crippen LogP contribution in [0.2, 0.25) is 0 Å². The summed E-state index contributed by atoms with van der Waals surface area (Å²) in [6.45, 7) is 1.74. The SMILES string of the molecule is O=C(NCC(=O)N1CCNCC1c1cccc(F)c1)NC1CCCCC1. The first-order chi connectivity index (χ1) is 12.6. The van der Waals surface area contributed by atoms with Crippen molar-refractivity contribution in [2.24, 2.45) is 0 Å². The van der Waals surface area contributed by atoms with Gasteiger partial charge in [-0.3, -0.25) is 4.79 Å². The van der Waals surface area contributed by atoms with E-state index in [1.54, 1.807) is 11.0 Å². The van der Waals surface area contributed by atoms with E-state index in [2.05, 4.69) is 16.0 Å². The van der Waals surface area contributed by atoms with Crippen molar-refractivity contribution in [1.29, 1.82) is 0 Å². The van der Waals surface area contributed by atoms with E-state index in [0.717, 1.165) is 31.2 Å². The number of halogens is 1. The Morgan fingerprint density at radius 3 is 2.81 bits per heavy atom. The Bertz CT molecular complexity index is 634. The first-order valence-electron chi connectivity index (χ1n) is 9.43. The van der Waals surface area contributed by atoms with Crippen LogP contribution in [0.15, 0.2) is 24.3 Å². The Morgan fingerprint density at radius 2 is 2.04 bits per heavy atom. The molecule has 1 aliphatic carbocycles. The molecule has 6 nitrogen and oxygen atoms in total. The monoisotopic (exact) mass is 362 g/mol. The van der Waals surface area contributed by atoms with Gasteiger partial charge in [-0.25, -0.2) is 9.18 Å². The molecular weight excluding hydrogens is 335 g/mol. The van der Waals surface area contributed by atoms with Crippen LogP contribution in [-0.4, -0.2) is 49.1 Å². The zero-order valence-electron chi connectivity index (χ0n) is 15.0. The lowest BCUT2D eigenvalue weighted by Crippen LogP contribution is -2.52. The number of carbonyl (C=O) groups excluding carboxylic acids is 2. The fourth-order valence-electron chi connectivity index (χ4n) is 3.76. The van der Waals surface area contributed by atoms with Crippen molar-refractivity contribution in [3.05, 3.63) is 35.6 Å². The highest BCUT2D eigenvalue weighted by Crippen LogP contribution is 2.23. The van der Waals surface area contributed by atoms with Gasteiger partial charge in [0.15, 0.2) is 0 Å². The fourth-order valence-corrected chi connectivity index (χ4v) is 3.76. The van der Waals surface area contributed by atoms with Crippen LogP contribution in [-0.2, 0) is 4.79 Å². The predicted molar refractivity (Wildman–Crippen MR) is 97.1 cm³/mol. The maximum atomic E-state index is 13.5. The van der Waals surface area contributed by atoms with Gasteiger partial charge in [0.25, 0.3) is 0 Å². The average molecular weight is 362 g/mol. The Balaban J connectivity index is 1.54. The normalized spacial score (nSPS) is 21.3. The van der Waals surface area contributed by atoms with Gasteiger partial charge in [-0.1, -0.05) is 31.4 Å². The predicted octanol–water partition coefficient (Wildman–Crippen LogP) is 1.93. The van der Waals surface area contributed by atoms with Crippen molar-refractivity contribution in [3.63, 3.8) is 0 Å². The van der Waals surface area contributed by atoms with E-state index >= 15 is 0 Å². The van der Waals surface area contributed by atoms with Gasteiger partial charge < -0.3 is 20.9 Å². The van der Waals surface area contributed by atoms with Gasteiger partial charge in [0.1, 0.15) is 5.82 Å². The van der Waals surface area contributed by atoms with Crippen molar-refractivity contribution in [1.82, 2.24) is 20.9 Å². The molecule has 0 bridgehead atoms. The summed E-state index contributed by atoms with van der Waals surface area (Å²) in [5.41, 5.74) is 0.761. The molecule has 1 atom stereocenters. The summed E-state index contributed by atoms with van der Waals surface area (Å²) < 4.78 is 13.5. The number of benzene rings is 1. The Morgan fingerprint density at radius 1 is 1.23 bits per heavy atom. The highest BCUT2D eigenvalue weighted by molar-refractivity contribution is 5.84. The molecule has 3 rings (SSSR count). The van der Waals surface area contributed by atoms with Crippen LogP contribution >= 0.6 is 0 Å². The molecule has 2 fully saturated rings. The number of nitrogens with zero attached hydrogens (tertiary/aromatic N) is 1. The van der Waals surface area contributed by atoms with Gasteiger partial charge in [-0.15, -0.1) is 0 Å². The van der Waals surface area contributed by atoms with Crippen LogP contribution in [0.3, 0.4) is 0 Å². The highest BCUT2D eigenvalue weighted by Gasteiger charge is 2.28. The van der Waals surface area contributed by atoms with Gasteiger partial charge in [-0.2, -0.15) is 0 Å². The van der Waals surface area contributed by atoms with Crippen LogP contribution in [0.4, 0.5) is 9.18 Å². The number of urea groups is 1. The van der Waals surface area contributed by atoms with Gasteiger partial charge in [0, 0.05) is 25.7 Å². The molecule has 7 heteroatoms. The molecular formula is C19H27FN4O2. The van der Waals surface area contributed by atoms with Crippen molar-refractivity contribution in [2.75, 3.05) is 26.2 Å². The van der Waals surface area contributed by atoms with E-state index in [4.69, 9.17) is 0 Å². The summed E-state index contributed by atoms with van der Waals surface area (Å²) in [6.07, 6.45) is 5.50. The highest BCUT2D eigenvalue weighted by atomic mass is 19.1. The lowest BCUT2D eigenvalue weighted by Gasteiger charge is -2.36. The minimum Gasteiger partial charge on any atom is -0.335 e. The molecule has 26 heavy (non-hydrogen) atoms. The first kappa shape index (κ1) is 18.6. The molecule has 1 saturated carbocycles. The third-order valence-corrected chi connectivity index (χ3v) is 5.14. The molecule has 2 aliphatic rings. The standard InChI is InChI=1S/C19H27FN4O2/c20-15-6-4-5-14(11-15)17-12-21-9-10-24(17)18(25)13-22-19(26)23-16-7-2-1-3-8-16/h4-6,11,16-17,21H,1-3,7-10,12-13H2,(H2,22,23,26). The molecule has 1 aromatic rings. The van der Waals surface area contributed by atoms with Crippen LogP contribution < -0.4 is 16.0 Å². The number of rotatable bonds is 4. The molecule has 3 N–H and O–H groups in total. The number of hydrogen-bond acceptors (Lipinski definition) is 3. The second-order valence-corrected chi connectivity index (χ2v) is 7.02. The van der Waals surface area contributed by atoms with E-state index in [1.165, 1.54) is 18.6 Å². The first-order valence-corrected chi connectivity index (χ1v) is 9.43. The van der Waals surface area contributed by atoms with Gasteiger partial charge >= 0.3 is 6.03 Å². The topological polar surface area (TPSA) is 73.5 Å². The van der Waals surface area contributed by atoms with Crippen molar-refractivity contribution < 1.29 is 14.0 Å². The molecule has 1 aromatic carbocycles. The quantitative estimate of drug-likeness (QED) is 0.766. The van der Waals surface area contributed by atoms with Gasteiger partial charge in [0.05, 0.1) is 12.6 Å². The summed E-state index contributed by atoms with van der Waals surface area (Å²) >= 11 is 0. The van der Waals surface area contributed by atoms with Crippen LogP contribution in [0.1, 0.15) is 43.7 Å². The number of nitrogens with one attached hydrogen (secondary N) is 3. The van der Waals surface area contributed by atoms with E-state index in [9.17, 15) is 14.0 Å². The summed E-state index contributed by atoms with van der Waals surface area (Å²) in [7, 11) is 0. The van der Waals surface area contributed by atoms with Gasteiger partial charge in [-0.05, 0) is 30.5 Å². The minimum absolute atomic E-state index is 0.0512. The molecule has 0 radical (unpaired) electrons. The maximum absolute atomic E-state index is 13.5. The van der Waals surface area contributed by atoms with Crippen LogP contribution in [0, 0.1) is 5.82 Å². The average Bonchev–Trinajstić information content (AvgIpc) is 2.67. The number of carbonyl (C=O) groups is 2. The molecule has 0 aromatic heterocycles. The van der Waals surface area contributed by atoms with Crippen molar-refractivity contribution >= 4 is 11.9 Å². The third kappa shape index (κ3) is 4.94. The summed E-state index contributed by atoms with van der Waals surface area (Å²) in [4.78, 5) is 26.4. The fraction of sp³-hybridized carbons (Fsp3) is 0.579. The van der Waals surface area contributed by atoms with E-state index in [0.29, 0.717) is 19.6 Å². The minimum atomic E-state index is -0.314. The zero-order valence-corrected chi connectivity index (χ0v) is 15.0. The maximum Gasteiger partial charge on any atom is 0.315 e. The lowest BCUT2D eigenvalue weighted by molar-refractivity contribution is -0.133. The Labute approximate surface area is 153 Å². The Kier molecular flexibility index (Phi) is 6.44. The van der Waals surface area contributed by atoms with Crippen LogP contribution in [0.25, 0.3) is 0 Å². The smallest absolute Gasteiger partial charge is 0.315 e. The summed E-state index contributed by atoms with van der Waals surface area (Å²) in [5, 5.41) is 8.86. The molecule has 1 heterocycles. The number of piperazine rings is 1. The van der Waals surface area contributed by atoms with E-state index in [1.807, 2.05) is 6.07 Å². The van der Waals surface area contributed by atoms with Gasteiger partial charge in [0.2, 0.25) is 5.91 Å². The van der Waals surface area contributed by atoms with Crippen LogP contribution in [0.5, 0.6) is 0 Å². The van der Waals surface area contributed by atoms with Crippen molar-refractivity contribution in [3.8, 4) is 0 Å². The molecule has 3 amide bonds. The number of hydrogen-bond donors (Lipinski definition) is 3. The molecule has 1 unspecified atom stereocenters. The number of amides is 3. The molecule has 142 valence electrons. The summed E-state index contributed by atoms with van der Waals surface area (Å²) in [6, 6.07) is 6.02. The lowest BCUT2D eigenvalue weighted by atomic mass is 9.96. The molecule has 1 saturated heterocycles. The summed E-state index contributed by atoms with van der Waals surface area (Å²) in [5.74, 6) is -0.468. The zero-order chi connectivity index (χ0) is 18.4. The van der Waals surface area contributed by atoms with E-state index < -0.39 is 0 Å². The second kappa shape index (κ2) is 8.98. The largest absolute Gasteiger partial charge is 0.335 e. The Hall–Kier alpha value is -2.15. The molecule has 0 spiro atoms. The second-order valence-electron chi connectivity index (χ2n) is 7.02. The van der Waals surface area contributed by atoms with E-state index in [-0.39, 0.29) is 36.4 Å². The molecule has 1 aliphatic heterocycles. The van der Waals surface area contributed by atoms with Crippen molar-refractivity contribution in [2.45, 2.75) is 44.2 Å². The third-order valence-electron chi connectivity index (χ3n) is 5.14.